The van der Waals surface area contributed by atoms with Gasteiger partial charge in [0.15, 0.2) is 5.82 Å². The van der Waals surface area contributed by atoms with Gasteiger partial charge >= 0.3 is 0 Å². The average Bonchev–Trinajstić information content (AvgIpc) is 3.49. The molecule has 2 aromatic rings. The van der Waals surface area contributed by atoms with Crippen LogP contribution in [0.15, 0.2) is 35.2 Å². The number of hydrogen-bond donors (Lipinski definition) is 0. The molecule has 0 amide bonds. The summed E-state index contributed by atoms with van der Waals surface area (Å²) in [4.78, 5) is 2.53. The van der Waals surface area contributed by atoms with Gasteiger partial charge in [-0.1, -0.05) is 12.1 Å². The third-order valence-electron chi connectivity index (χ3n) is 5.19. The molecule has 1 aromatic carbocycles. The van der Waals surface area contributed by atoms with Gasteiger partial charge in [-0.2, -0.15) is 9.40 Å². The predicted octanol–water partition coefficient (Wildman–Crippen LogP) is 2.48. The van der Waals surface area contributed by atoms with Crippen molar-refractivity contribution in [2.24, 2.45) is 0 Å². The summed E-state index contributed by atoms with van der Waals surface area (Å²) >= 11 is 0. The molecule has 138 valence electrons. The molecule has 0 unspecified atom stereocenters. The van der Waals surface area contributed by atoms with Gasteiger partial charge in [-0.25, -0.2) is 8.42 Å². The highest BCUT2D eigenvalue weighted by molar-refractivity contribution is 7.89. The quantitative estimate of drug-likeness (QED) is 0.825. The van der Waals surface area contributed by atoms with E-state index in [2.05, 4.69) is 21.2 Å². The van der Waals surface area contributed by atoms with Gasteiger partial charge in [0.25, 0.3) is 0 Å². The molecule has 1 aliphatic heterocycles. The van der Waals surface area contributed by atoms with Crippen LogP contribution in [0.3, 0.4) is 0 Å². The summed E-state index contributed by atoms with van der Waals surface area (Å²) in [7, 11) is -3.46. The van der Waals surface area contributed by atoms with E-state index >= 15 is 0 Å². The van der Waals surface area contributed by atoms with E-state index in [0.717, 1.165) is 22.6 Å². The molecule has 0 N–H and O–H groups in total. The third kappa shape index (κ3) is 3.33. The maximum Gasteiger partial charge on any atom is 0.243 e. The van der Waals surface area contributed by atoms with Gasteiger partial charge in [0.2, 0.25) is 10.0 Å². The zero-order valence-corrected chi connectivity index (χ0v) is 16.0. The first-order valence-electron chi connectivity index (χ1n) is 9.11. The summed E-state index contributed by atoms with van der Waals surface area (Å²) in [5.74, 6) is 1.43. The maximum atomic E-state index is 13.0. The summed E-state index contributed by atoms with van der Waals surface area (Å²) in [6.07, 6.45) is 2.42. The van der Waals surface area contributed by atoms with Crippen LogP contribution in [0.5, 0.6) is 0 Å². The van der Waals surface area contributed by atoms with Crippen LogP contribution < -0.4 is 4.90 Å². The first-order chi connectivity index (χ1) is 12.4. The van der Waals surface area contributed by atoms with Crippen LogP contribution in [-0.2, 0) is 10.0 Å². The van der Waals surface area contributed by atoms with E-state index in [-0.39, 0.29) is 0 Å². The molecular formula is C19H24N4O2S. The summed E-state index contributed by atoms with van der Waals surface area (Å²) in [6, 6.07) is 9.64. The first kappa shape index (κ1) is 17.4. The Labute approximate surface area is 154 Å². The smallest absolute Gasteiger partial charge is 0.243 e. The standard InChI is InChI=1S/C19H24N4O2S/c1-14-3-4-15(2)18(13-14)26(24,25)23-11-9-22(10-12-23)19-8-7-17(20-21-19)16-5-6-16/h3-4,7-8,13,16H,5-6,9-12H2,1-2H3. The second-order valence-electron chi connectivity index (χ2n) is 7.25. The number of aromatic nitrogens is 2. The fraction of sp³-hybridized carbons (Fsp3) is 0.474. The lowest BCUT2D eigenvalue weighted by atomic mass is 10.2. The minimum Gasteiger partial charge on any atom is -0.352 e. The zero-order chi connectivity index (χ0) is 18.3. The second-order valence-corrected chi connectivity index (χ2v) is 9.16. The van der Waals surface area contributed by atoms with Crippen molar-refractivity contribution >= 4 is 15.8 Å². The molecule has 1 saturated carbocycles. The number of anilines is 1. The Morgan fingerprint density at radius 3 is 2.31 bits per heavy atom. The monoisotopic (exact) mass is 372 g/mol. The molecule has 1 aliphatic carbocycles. The summed E-state index contributed by atoms with van der Waals surface area (Å²) in [6.45, 7) is 5.94. The number of aryl methyl sites for hydroxylation is 2. The number of nitrogens with zero attached hydrogens (tertiary/aromatic N) is 4. The van der Waals surface area contributed by atoms with E-state index in [1.807, 2.05) is 32.0 Å². The molecule has 1 aromatic heterocycles. The van der Waals surface area contributed by atoms with Gasteiger partial charge in [-0.05, 0) is 56.0 Å². The lowest BCUT2D eigenvalue weighted by Crippen LogP contribution is -2.49. The summed E-state index contributed by atoms with van der Waals surface area (Å²) < 4.78 is 27.6. The van der Waals surface area contributed by atoms with E-state index in [4.69, 9.17) is 0 Å². The van der Waals surface area contributed by atoms with E-state index in [0.29, 0.717) is 37.0 Å². The lowest BCUT2D eigenvalue weighted by Gasteiger charge is -2.34. The van der Waals surface area contributed by atoms with Crippen LogP contribution >= 0.6 is 0 Å². The number of hydrogen-bond acceptors (Lipinski definition) is 5. The van der Waals surface area contributed by atoms with Gasteiger partial charge in [0.05, 0.1) is 10.6 Å². The van der Waals surface area contributed by atoms with Gasteiger partial charge < -0.3 is 4.90 Å². The highest BCUT2D eigenvalue weighted by atomic mass is 32.2. The van der Waals surface area contributed by atoms with E-state index in [9.17, 15) is 8.42 Å². The van der Waals surface area contributed by atoms with Gasteiger partial charge in [-0.3, -0.25) is 0 Å². The van der Waals surface area contributed by atoms with Gasteiger partial charge in [0.1, 0.15) is 0 Å². The normalized spacial score (nSPS) is 18.9. The fourth-order valence-electron chi connectivity index (χ4n) is 3.38. The van der Waals surface area contributed by atoms with Crippen LogP contribution in [0.4, 0.5) is 5.82 Å². The van der Waals surface area contributed by atoms with Crippen LogP contribution in [0, 0.1) is 13.8 Å². The highest BCUT2D eigenvalue weighted by Crippen LogP contribution is 2.38. The molecule has 6 nitrogen and oxygen atoms in total. The van der Waals surface area contributed by atoms with E-state index < -0.39 is 10.0 Å². The molecule has 26 heavy (non-hydrogen) atoms. The van der Waals surface area contributed by atoms with Crippen LogP contribution in [-0.4, -0.2) is 49.1 Å². The predicted molar refractivity (Wildman–Crippen MR) is 101 cm³/mol. The first-order valence-corrected chi connectivity index (χ1v) is 10.5. The minimum absolute atomic E-state index is 0.416. The van der Waals surface area contributed by atoms with Crippen molar-refractivity contribution in [2.45, 2.75) is 37.5 Å². The lowest BCUT2D eigenvalue weighted by molar-refractivity contribution is 0.383. The number of benzene rings is 1. The van der Waals surface area contributed by atoms with Crippen molar-refractivity contribution in [1.82, 2.24) is 14.5 Å². The Hall–Kier alpha value is -1.99. The molecule has 4 rings (SSSR count). The molecule has 2 heterocycles. The number of rotatable bonds is 4. The van der Waals surface area contributed by atoms with Crippen LogP contribution in [0.1, 0.15) is 35.6 Å². The largest absolute Gasteiger partial charge is 0.352 e. The molecule has 7 heteroatoms. The molecule has 2 aliphatic rings. The van der Waals surface area contributed by atoms with Crippen molar-refractivity contribution in [2.75, 3.05) is 31.1 Å². The number of piperazine rings is 1. The second kappa shape index (κ2) is 6.63. The Morgan fingerprint density at radius 2 is 1.69 bits per heavy atom. The van der Waals surface area contributed by atoms with Gasteiger partial charge in [-0.15, -0.1) is 5.10 Å². The van der Waals surface area contributed by atoms with Crippen molar-refractivity contribution in [3.63, 3.8) is 0 Å². The van der Waals surface area contributed by atoms with Crippen molar-refractivity contribution in [3.05, 3.63) is 47.2 Å². The van der Waals surface area contributed by atoms with Crippen molar-refractivity contribution in [1.29, 1.82) is 0 Å². The summed E-state index contributed by atoms with van der Waals surface area (Å²) in [5.41, 5.74) is 2.82. The van der Waals surface area contributed by atoms with Crippen LogP contribution in [0.25, 0.3) is 0 Å². The Bertz CT molecular complexity index is 900. The molecule has 0 spiro atoms. The van der Waals surface area contributed by atoms with Crippen molar-refractivity contribution < 1.29 is 8.42 Å². The topological polar surface area (TPSA) is 66.4 Å². The average molecular weight is 372 g/mol. The SMILES string of the molecule is Cc1ccc(C)c(S(=O)(=O)N2CCN(c3ccc(C4CC4)nn3)CC2)c1. The van der Waals surface area contributed by atoms with E-state index in [1.54, 1.807) is 10.4 Å². The molecule has 2 fully saturated rings. The van der Waals surface area contributed by atoms with Crippen molar-refractivity contribution in [3.8, 4) is 0 Å². The summed E-state index contributed by atoms with van der Waals surface area (Å²) in [5, 5.41) is 8.67. The molecular weight excluding hydrogens is 348 g/mol. The van der Waals surface area contributed by atoms with Crippen LogP contribution in [0.2, 0.25) is 0 Å². The van der Waals surface area contributed by atoms with E-state index in [1.165, 1.54) is 12.8 Å². The Balaban J connectivity index is 1.46. The Kier molecular flexibility index (Phi) is 4.44. The zero-order valence-electron chi connectivity index (χ0n) is 15.2. The minimum atomic E-state index is -3.46. The van der Waals surface area contributed by atoms with Gasteiger partial charge in [0, 0.05) is 32.1 Å². The number of sulfonamides is 1. The third-order valence-corrected chi connectivity index (χ3v) is 7.23. The fourth-order valence-corrected chi connectivity index (χ4v) is 5.11. The molecule has 0 atom stereocenters. The highest BCUT2D eigenvalue weighted by Gasteiger charge is 2.30. The molecule has 0 bridgehead atoms. The molecule has 1 saturated heterocycles. The maximum absolute atomic E-state index is 13.0. The molecule has 0 radical (unpaired) electrons. The Morgan fingerprint density at radius 1 is 0.962 bits per heavy atom.